The summed E-state index contributed by atoms with van der Waals surface area (Å²) in [6.45, 7) is 1.25. The van der Waals surface area contributed by atoms with Gasteiger partial charge < -0.3 is 10.4 Å². The van der Waals surface area contributed by atoms with E-state index < -0.39 is 11.9 Å². The summed E-state index contributed by atoms with van der Waals surface area (Å²) in [6, 6.07) is 9.69. The first-order valence-corrected chi connectivity index (χ1v) is 4.98. The van der Waals surface area contributed by atoms with Crippen molar-refractivity contribution in [3.8, 4) is 0 Å². The highest BCUT2D eigenvalue weighted by atomic mass is 16.4. The van der Waals surface area contributed by atoms with Gasteiger partial charge >= 0.3 is 5.97 Å². The first kappa shape index (κ1) is 9.93. The zero-order valence-electron chi connectivity index (χ0n) is 8.31. The van der Waals surface area contributed by atoms with Crippen LogP contribution in [0.1, 0.15) is 5.56 Å². The van der Waals surface area contributed by atoms with Gasteiger partial charge in [-0.15, -0.1) is 0 Å². The van der Waals surface area contributed by atoms with Crippen LogP contribution in [0.3, 0.4) is 0 Å². The largest absolute Gasteiger partial charge is 0.481 e. The quantitative estimate of drug-likeness (QED) is 0.763. The number of benzene rings is 1. The van der Waals surface area contributed by atoms with Gasteiger partial charge in [0.15, 0.2) is 0 Å². The van der Waals surface area contributed by atoms with Crippen molar-refractivity contribution in [1.82, 2.24) is 5.32 Å². The molecule has 0 radical (unpaired) electrons. The second-order valence-corrected chi connectivity index (χ2v) is 3.57. The predicted octanol–water partition coefficient (Wildman–Crippen LogP) is 1.37. The highest BCUT2D eigenvalue weighted by molar-refractivity contribution is 5.88. The number of carboxylic acids is 1. The topological polar surface area (TPSA) is 49.3 Å². The Balaban J connectivity index is 2.34. The van der Waals surface area contributed by atoms with Crippen LogP contribution in [-0.4, -0.2) is 24.2 Å². The number of rotatable bonds is 2. The molecule has 1 aliphatic heterocycles. The molecule has 0 saturated carbocycles. The van der Waals surface area contributed by atoms with Crippen molar-refractivity contribution in [2.75, 3.05) is 13.1 Å². The minimum absolute atomic E-state index is 0.429. The lowest BCUT2D eigenvalue weighted by Gasteiger charge is -2.21. The molecule has 78 valence electrons. The maximum absolute atomic E-state index is 11.1. The molecule has 0 spiro atoms. The van der Waals surface area contributed by atoms with Crippen LogP contribution < -0.4 is 5.32 Å². The molecule has 1 aliphatic rings. The Bertz CT molecular complexity index is 384. The smallest absolute Gasteiger partial charge is 0.312 e. The fourth-order valence-corrected chi connectivity index (χ4v) is 1.83. The molecule has 0 aliphatic carbocycles. The van der Waals surface area contributed by atoms with E-state index in [1.54, 1.807) is 0 Å². The third-order valence-electron chi connectivity index (χ3n) is 2.60. The molecule has 0 amide bonds. The minimum atomic E-state index is -0.766. The van der Waals surface area contributed by atoms with E-state index in [2.05, 4.69) is 5.32 Å². The van der Waals surface area contributed by atoms with Gasteiger partial charge in [0.1, 0.15) is 0 Å². The summed E-state index contributed by atoms with van der Waals surface area (Å²) in [4.78, 5) is 11.1. The number of hydrogen-bond acceptors (Lipinski definition) is 2. The average molecular weight is 203 g/mol. The molecule has 0 saturated heterocycles. The molecule has 1 atom stereocenters. The van der Waals surface area contributed by atoms with Gasteiger partial charge in [-0.25, -0.2) is 0 Å². The van der Waals surface area contributed by atoms with Gasteiger partial charge in [0.2, 0.25) is 0 Å². The van der Waals surface area contributed by atoms with Crippen LogP contribution >= 0.6 is 0 Å². The van der Waals surface area contributed by atoms with E-state index in [0.29, 0.717) is 6.54 Å². The van der Waals surface area contributed by atoms with Crippen molar-refractivity contribution in [2.45, 2.75) is 0 Å². The molecular formula is C12H13NO2. The van der Waals surface area contributed by atoms with Crippen LogP contribution in [-0.2, 0) is 4.79 Å². The fraction of sp³-hybridized carbons (Fsp3) is 0.250. The second-order valence-electron chi connectivity index (χ2n) is 3.57. The molecule has 1 unspecified atom stereocenters. The van der Waals surface area contributed by atoms with Gasteiger partial charge in [0.25, 0.3) is 0 Å². The lowest BCUT2D eigenvalue weighted by molar-refractivity contribution is -0.139. The van der Waals surface area contributed by atoms with Gasteiger partial charge in [-0.05, 0) is 11.1 Å². The number of carbonyl (C=O) groups is 1. The minimum Gasteiger partial charge on any atom is -0.481 e. The number of hydrogen-bond donors (Lipinski definition) is 2. The van der Waals surface area contributed by atoms with Gasteiger partial charge in [-0.3, -0.25) is 4.79 Å². The van der Waals surface area contributed by atoms with Crippen molar-refractivity contribution in [3.63, 3.8) is 0 Å². The molecule has 2 N–H and O–H groups in total. The summed E-state index contributed by atoms with van der Waals surface area (Å²) in [5.41, 5.74) is 1.92. The Morgan fingerprint density at radius 1 is 1.33 bits per heavy atom. The van der Waals surface area contributed by atoms with E-state index in [-0.39, 0.29) is 0 Å². The molecule has 0 aromatic heterocycles. The van der Waals surface area contributed by atoms with Gasteiger partial charge in [-0.2, -0.15) is 0 Å². The monoisotopic (exact) mass is 203 g/mol. The number of nitrogens with one attached hydrogen (secondary N) is 1. The molecule has 0 bridgehead atoms. The zero-order chi connectivity index (χ0) is 10.7. The summed E-state index contributed by atoms with van der Waals surface area (Å²) in [5, 5.41) is 12.1. The molecule has 1 aromatic rings. The third-order valence-corrected chi connectivity index (χ3v) is 2.60. The zero-order valence-corrected chi connectivity index (χ0v) is 8.31. The van der Waals surface area contributed by atoms with Crippen LogP contribution in [0.4, 0.5) is 0 Å². The molecular weight excluding hydrogens is 190 g/mol. The molecule has 3 heteroatoms. The molecule has 0 fully saturated rings. The molecule has 1 heterocycles. The van der Waals surface area contributed by atoms with E-state index in [0.717, 1.165) is 17.7 Å². The van der Waals surface area contributed by atoms with E-state index in [4.69, 9.17) is 5.11 Å². The maximum Gasteiger partial charge on any atom is 0.312 e. The van der Waals surface area contributed by atoms with E-state index in [1.165, 1.54) is 0 Å². The highest BCUT2D eigenvalue weighted by Crippen LogP contribution is 2.25. The lowest BCUT2D eigenvalue weighted by atomic mass is 9.90. The highest BCUT2D eigenvalue weighted by Gasteiger charge is 2.24. The summed E-state index contributed by atoms with van der Waals surface area (Å²) in [7, 11) is 0. The maximum atomic E-state index is 11.1. The SMILES string of the molecule is O=C(O)C1CNCC=C1c1ccccc1. The van der Waals surface area contributed by atoms with E-state index >= 15 is 0 Å². The standard InChI is InChI=1S/C12H13NO2/c14-12(15)11-8-13-7-6-10(11)9-4-2-1-3-5-9/h1-6,11,13H,7-8H2,(H,14,15). The second kappa shape index (κ2) is 4.28. The van der Waals surface area contributed by atoms with Gasteiger partial charge in [0.05, 0.1) is 5.92 Å². The van der Waals surface area contributed by atoms with E-state index in [1.807, 2.05) is 36.4 Å². The summed E-state index contributed by atoms with van der Waals surface area (Å²) in [6.07, 6.45) is 1.96. The van der Waals surface area contributed by atoms with Crippen molar-refractivity contribution in [2.24, 2.45) is 5.92 Å². The molecule has 1 aromatic carbocycles. The van der Waals surface area contributed by atoms with Gasteiger partial charge in [0, 0.05) is 13.1 Å². The Kier molecular flexibility index (Phi) is 2.83. The summed E-state index contributed by atoms with van der Waals surface area (Å²) < 4.78 is 0. The Morgan fingerprint density at radius 3 is 2.73 bits per heavy atom. The fourth-order valence-electron chi connectivity index (χ4n) is 1.83. The van der Waals surface area contributed by atoms with Crippen LogP contribution in [0.5, 0.6) is 0 Å². The van der Waals surface area contributed by atoms with Gasteiger partial charge in [-0.1, -0.05) is 36.4 Å². The van der Waals surface area contributed by atoms with Crippen molar-refractivity contribution >= 4 is 11.5 Å². The first-order valence-electron chi connectivity index (χ1n) is 4.98. The molecule has 3 nitrogen and oxygen atoms in total. The average Bonchev–Trinajstić information content (AvgIpc) is 2.30. The Morgan fingerprint density at radius 2 is 2.07 bits per heavy atom. The Labute approximate surface area is 88.4 Å². The summed E-state index contributed by atoms with van der Waals surface area (Å²) in [5.74, 6) is -1.20. The van der Waals surface area contributed by atoms with Crippen LogP contribution in [0, 0.1) is 5.92 Å². The Hall–Kier alpha value is -1.61. The van der Waals surface area contributed by atoms with Crippen LogP contribution in [0.2, 0.25) is 0 Å². The third kappa shape index (κ3) is 2.07. The normalized spacial score (nSPS) is 20.8. The van der Waals surface area contributed by atoms with Crippen molar-refractivity contribution in [1.29, 1.82) is 0 Å². The molecule has 2 rings (SSSR count). The molecule has 15 heavy (non-hydrogen) atoms. The summed E-state index contributed by atoms with van der Waals surface area (Å²) >= 11 is 0. The predicted molar refractivity (Wildman–Crippen MR) is 58.4 cm³/mol. The first-order chi connectivity index (χ1) is 7.29. The van der Waals surface area contributed by atoms with Crippen LogP contribution in [0.25, 0.3) is 5.57 Å². The number of carboxylic acid groups (broad SMARTS) is 1. The lowest BCUT2D eigenvalue weighted by Crippen LogP contribution is -2.33. The van der Waals surface area contributed by atoms with Crippen molar-refractivity contribution in [3.05, 3.63) is 42.0 Å². The number of aliphatic carboxylic acids is 1. The van der Waals surface area contributed by atoms with E-state index in [9.17, 15) is 4.79 Å². The van der Waals surface area contributed by atoms with Crippen LogP contribution in [0.15, 0.2) is 36.4 Å². The van der Waals surface area contributed by atoms with Crippen molar-refractivity contribution < 1.29 is 9.90 Å².